The topological polar surface area (TPSA) is 133 Å². The minimum atomic E-state index is -0.125. The summed E-state index contributed by atoms with van der Waals surface area (Å²) in [7, 11) is 0. The van der Waals surface area contributed by atoms with Crippen molar-refractivity contribution in [3.63, 3.8) is 0 Å². The van der Waals surface area contributed by atoms with Crippen LogP contribution in [0.25, 0.3) is 0 Å². The van der Waals surface area contributed by atoms with E-state index >= 15 is 0 Å². The minimum absolute atomic E-state index is 0.00259. The van der Waals surface area contributed by atoms with Crippen LogP contribution in [-0.2, 0) is 19.2 Å². The molecule has 2 heterocycles. The van der Waals surface area contributed by atoms with Crippen molar-refractivity contribution < 1.29 is 29.4 Å². The zero-order valence-electron chi connectivity index (χ0n) is 17.2. The number of carbonyl (C=O) groups excluding carboxylic acids is 4. The molecule has 166 valence electrons. The maximum absolute atomic E-state index is 11.3. The highest BCUT2D eigenvalue weighted by atomic mass is 16.3. The van der Waals surface area contributed by atoms with Gasteiger partial charge in [-0.3, -0.25) is 29.8 Å². The van der Waals surface area contributed by atoms with E-state index in [-0.39, 0.29) is 60.5 Å². The van der Waals surface area contributed by atoms with Crippen LogP contribution >= 0.6 is 0 Å². The zero-order valence-corrected chi connectivity index (χ0v) is 17.2. The fraction of sp³-hybridized carbons (Fsp3) is 0.727. The summed E-state index contributed by atoms with van der Waals surface area (Å²) in [6, 6.07) is 0. The van der Waals surface area contributed by atoms with Crippen LogP contribution in [0.15, 0.2) is 13.2 Å². The fourth-order valence-corrected chi connectivity index (χ4v) is 6.67. The molecule has 4 aliphatic carbocycles. The highest BCUT2D eigenvalue weighted by molar-refractivity contribution is 6.06. The third-order valence-corrected chi connectivity index (χ3v) is 7.64. The quantitative estimate of drug-likeness (QED) is 0.358. The molecule has 6 aliphatic rings. The van der Waals surface area contributed by atoms with Crippen molar-refractivity contribution in [3.05, 3.63) is 13.2 Å². The van der Waals surface area contributed by atoms with Gasteiger partial charge in [-0.05, 0) is 62.2 Å². The summed E-state index contributed by atoms with van der Waals surface area (Å²) in [6.45, 7) is 5.75. The second-order valence-electron chi connectivity index (χ2n) is 8.92. The lowest BCUT2D eigenvalue weighted by Crippen LogP contribution is -2.24. The van der Waals surface area contributed by atoms with E-state index in [0.29, 0.717) is 23.7 Å². The lowest BCUT2D eigenvalue weighted by atomic mass is 9.81. The van der Waals surface area contributed by atoms with Crippen LogP contribution in [0.3, 0.4) is 0 Å². The van der Waals surface area contributed by atoms with Crippen LogP contribution < -0.4 is 10.6 Å². The van der Waals surface area contributed by atoms with Gasteiger partial charge in [-0.15, -0.1) is 13.2 Å². The molecule has 2 aliphatic heterocycles. The molecule has 4 N–H and O–H groups in total. The molecule has 4 amide bonds. The highest BCUT2D eigenvalue weighted by Crippen LogP contribution is 2.55. The molecule has 0 spiro atoms. The number of aliphatic hydroxyl groups is 2. The Balaban J connectivity index is 0.000000137. The molecule has 2 saturated heterocycles. The van der Waals surface area contributed by atoms with Crippen molar-refractivity contribution in [1.82, 2.24) is 10.6 Å². The maximum atomic E-state index is 11.3. The van der Waals surface area contributed by atoms with Crippen LogP contribution in [0.2, 0.25) is 0 Å². The summed E-state index contributed by atoms with van der Waals surface area (Å²) < 4.78 is 0. The molecular weight excluding hydrogens is 388 g/mol. The van der Waals surface area contributed by atoms with Gasteiger partial charge in [-0.25, -0.2) is 0 Å². The number of hydrogen-bond donors (Lipinski definition) is 4. The average molecular weight is 421 g/mol. The minimum Gasteiger partial charge on any atom is -0.394 e. The van der Waals surface area contributed by atoms with Crippen molar-refractivity contribution in [2.45, 2.75) is 38.5 Å². The number of amides is 4. The molecule has 8 nitrogen and oxygen atoms in total. The van der Waals surface area contributed by atoms with Gasteiger partial charge in [0, 0.05) is 0 Å². The second kappa shape index (κ2) is 9.39. The van der Waals surface area contributed by atoms with Crippen molar-refractivity contribution >= 4 is 23.6 Å². The predicted molar refractivity (Wildman–Crippen MR) is 107 cm³/mol. The molecule has 6 rings (SSSR count). The van der Waals surface area contributed by atoms with E-state index in [0.717, 1.165) is 38.5 Å². The standard InChI is InChI=1S/2C9H11NO2.C2H6O2.C2H4/c2*11-8-6-4-1-2-5(3-4)7(6)9(12)10-8;3-1-2-4;1-2/h2*4-7H,1-3H2,(H,10,11,12);3-4H,1-2H2;1-2H2/t2*4-,5+,6+,7-;;. The lowest BCUT2D eigenvalue weighted by molar-refractivity contribution is -0.128. The highest BCUT2D eigenvalue weighted by Gasteiger charge is 2.58. The van der Waals surface area contributed by atoms with Crippen molar-refractivity contribution in [2.24, 2.45) is 47.3 Å². The Hall–Kier alpha value is -2.06. The molecule has 0 radical (unpaired) electrons. The summed E-state index contributed by atoms with van der Waals surface area (Å²) in [4.78, 5) is 45.3. The zero-order chi connectivity index (χ0) is 22.0. The number of nitrogens with one attached hydrogen (secondary N) is 2. The molecule has 4 bridgehead atoms. The second-order valence-corrected chi connectivity index (χ2v) is 8.92. The van der Waals surface area contributed by atoms with Gasteiger partial charge in [0.25, 0.3) is 0 Å². The van der Waals surface area contributed by atoms with Crippen LogP contribution in [0.1, 0.15) is 38.5 Å². The summed E-state index contributed by atoms with van der Waals surface area (Å²) >= 11 is 0. The van der Waals surface area contributed by atoms with Gasteiger partial charge in [0.05, 0.1) is 36.9 Å². The Bertz CT molecular complexity index is 600. The monoisotopic (exact) mass is 420 g/mol. The molecule has 0 aromatic carbocycles. The largest absolute Gasteiger partial charge is 0.394 e. The maximum Gasteiger partial charge on any atom is 0.230 e. The predicted octanol–water partition coefficient (Wildman–Crippen LogP) is 0.383. The number of carbonyl (C=O) groups is 4. The number of hydrogen-bond acceptors (Lipinski definition) is 6. The van der Waals surface area contributed by atoms with E-state index in [9.17, 15) is 19.2 Å². The first kappa shape index (κ1) is 22.6. The van der Waals surface area contributed by atoms with E-state index in [1.54, 1.807) is 0 Å². The molecular formula is C22H32N2O6. The number of imide groups is 2. The Labute approximate surface area is 176 Å². The molecule has 30 heavy (non-hydrogen) atoms. The van der Waals surface area contributed by atoms with Gasteiger partial charge in [-0.2, -0.15) is 0 Å². The Morgan fingerprint density at radius 2 is 0.833 bits per heavy atom. The van der Waals surface area contributed by atoms with Crippen LogP contribution in [0.5, 0.6) is 0 Å². The lowest BCUT2D eigenvalue weighted by Gasteiger charge is -2.19. The third-order valence-electron chi connectivity index (χ3n) is 7.64. The molecule has 0 aromatic rings. The molecule has 8 atom stereocenters. The first-order chi connectivity index (χ1) is 14.5. The van der Waals surface area contributed by atoms with E-state index in [4.69, 9.17) is 10.2 Å². The van der Waals surface area contributed by atoms with Gasteiger partial charge in [0.15, 0.2) is 0 Å². The molecule has 0 unspecified atom stereocenters. The van der Waals surface area contributed by atoms with Gasteiger partial charge >= 0.3 is 0 Å². The summed E-state index contributed by atoms with van der Waals surface area (Å²) in [5.41, 5.74) is 0. The smallest absolute Gasteiger partial charge is 0.230 e. The van der Waals surface area contributed by atoms with E-state index < -0.39 is 0 Å². The van der Waals surface area contributed by atoms with Crippen molar-refractivity contribution in [2.75, 3.05) is 13.2 Å². The molecule has 0 aromatic heterocycles. The summed E-state index contributed by atoms with van der Waals surface area (Å²) in [5.74, 6) is 2.28. The van der Waals surface area contributed by atoms with Gasteiger partial charge in [0.2, 0.25) is 23.6 Å². The number of rotatable bonds is 1. The molecule has 6 fully saturated rings. The Morgan fingerprint density at radius 1 is 0.600 bits per heavy atom. The third kappa shape index (κ3) is 3.83. The normalized spacial score (nSPS) is 40.9. The molecule has 8 heteroatoms. The van der Waals surface area contributed by atoms with Crippen molar-refractivity contribution in [1.29, 1.82) is 0 Å². The first-order valence-electron chi connectivity index (χ1n) is 10.9. The SMILES string of the molecule is C=C.O=C1NC(=O)[C@H]2[C@@H]3CC[C@@H](C3)[C@@H]12.O=C1NC(=O)[C@H]2[C@@H]3CC[C@@H](C3)[C@@H]12.OCCO. The van der Waals surface area contributed by atoms with E-state index in [2.05, 4.69) is 23.8 Å². The van der Waals surface area contributed by atoms with E-state index in [1.807, 2.05) is 0 Å². The van der Waals surface area contributed by atoms with Crippen LogP contribution in [0.4, 0.5) is 0 Å². The van der Waals surface area contributed by atoms with Crippen LogP contribution in [-0.4, -0.2) is 47.1 Å². The fourth-order valence-electron chi connectivity index (χ4n) is 6.67. The Morgan fingerprint density at radius 3 is 1.03 bits per heavy atom. The number of fused-ring (bicyclic) bond motifs is 10. The summed E-state index contributed by atoms with van der Waals surface area (Å²) in [6.07, 6.45) is 6.88. The van der Waals surface area contributed by atoms with E-state index in [1.165, 1.54) is 0 Å². The van der Waals surface area contributed by atoms with Gasteiger partial charge in [0.1, 0.15) is 0 Å². The average Bonchev–Trinajstić information content (AvgIpc) is 3.57. The van der Waals surface area contributed by atoms with Gasteiger partial charge < -0.3 is 10.2 Å². The number of aliphatic hydroxyl groups excluding tert-OH is 2. The van der Waals surface area contributed by atoms with Gasteiger partial charge in [-0.1, -0.05) is 0 Å². The Kier molecular flexibility index (Phi) is 7.08. The first-order valence-corrected chi connectivity index (χ1v) is 10.9. The van der Waals surface area contributed by atoms with Crippen molar-refractivity contribution in [3.8, 4) is 0 Å². The molecule has 4 saturated carbocycles. The van der Waals surface area contributed by atoms with Crippen LogP contribution in [0, 0.1) is 47.3 Å². The summed E-state index contributed by atoms with van der Waals surface area (Å²) in [5, 5.41) is 20.1.